The summed E-state index contributed by atoms with van der Waals surface area (Å²) < 4.78 is 7.77. The Hall–Kier alpha value is -2.66. The molecule has 32 heavy (non-hydrogen) atoms. The molecule has 0 spiro atoms. The first-order valence-electron chi connectivity index (χ1n) is 11.8. The molecule has 1 aliphatic rings. The normalized spacial score (nSPS) is 17.4. The van der Waals surface area contributed by atoms with Gasteiger partial charge in [0, 0.05) is 24.7 Å². The minimum atomic E-state index is 0.0177. The highest BCUT2D eigenvalue weighted by atomic mass is 16.5. The molecule has 0 N–H and O–H groups in total. The van der Waals surface area contributed by atoms with Gasteiger partial charge in [-0.05, 0) is 83.7 Å². The van der Waals surface area contributed by atoms with E-state index < -0.39 is 0 Å². The largest absolute Gasteiger partial charge is 0.491 e. The van der Waals surface area contributed by atoms with Crippen molar-refractivity contribution in [2.24, 2.45) is 5.92 Å². The third kappa shape index (κ3) is 4.73. The van der Waals surface area contributed by atoms with Crippen molar-refractivity contribution in [3.8, 4) is 17.1 Å². The number of piperidine rings is 1. The smallest absolute Gasteiger partial charge is 0.261 e. The summed E-state index contributed by atoms with van der Waals surface area (Å²) >= 11 is 0. The Labute approximate surface area is 191 Å². The first kappa shape index (κ1) is 22.5. The quantitative estimate of drug-likeness (QED) is 0.531. The van der Waals surface area contributed by atoms with Crippen molar-refractivity contribution in [2.45, 2.75) is 66.2 Å². The number of nitrogens with zero attached hydrogens (tertiary/aromatic N) is 3. The van der Waals surface area contributed by atoms with E-state index in [4.69, 9.17) is 9.72 Å². The number of hydrogen-bond donors (Lipinski definition) is 0. The van der Waals surface area contributed by atoms with Gasteiger partial charge in [-0.1, -0.05) is 24.3 Å². The minimum absolute atomic E-state index is 0.0177. The molecule has 4 rings (SSSR count). The van der Waals surface area contributed by atoms with E-state index in [1.807, 2.05) is 48.7 Å². The van der Waals surface area contributed by atoms with Gasteiger partial charge in [-0.15, -0.1) is 0 Å². The second-order valence-corrected chi connectivity index (χ2v) is 9.61. The number of likely N-dealkylation sites (tertiary alicyclic amines) is 1. The summed E-state index contributed by atoms with van der Waals surface area (Å²) in [5.74, 6) is 1.91. The predicted octanol–water partition coefficient (Wildman–Crippen LogP) is 5.28. The fraction of sp³-hybridized carbons (Fsp3) is 0.481. The lowest BCUT2D eigenvalue weighted by atomic mass is 9.96. The van der Waals surface area contributed by atoms with Crippen molar-refractivity contribution < 1.29 is 4.74 Å². The molecule has 0 amide bonds. The lowest BCUT2D eigenvalue weighted by Gasteiger charge is -2.36. The van der Waals surface area contributed by atoms with E-state index in [0.717, 1.165) is 36.5 Å². The molecule has 0 saturated carbocycles. The predicted molar refractivity (Wildman–Crippen MR) is 131 cm³/mol. The van der Waals surface area contributed by atoms with Gasteiger partial charge in [0.15, 0.2) is 0 Å². The molecule has 0 bridgehead atoms. The lowest BCUT2D eigenvalue weighted by Crippen LogP contribution is -2.42. The summed E-state index contributed by atoms with van der Waals surface area (Å²) in [4.78, 5) is 21.3. The van der Waals surface area contributed by atoms with Gasteiger partial charge in [0.1, 0.15) is 11.6 Å². The standard InChI is InChI=1S/C27H35N3O2/c1-18(2)29-14-8-10-21(16-29)17-30-26(23-11-7-6-9-20(23)5)28-25-13-12-22(32-19(3)4)15-24(25)27(30)31/h6-7,9,11-13,15,18-19,21H,8,10,14,16-17H2,1-5H3/t21-/m0/s1. The summed E-state index contributed by atoms with van der Waals surface area (Å²) in [6, 6.07) is 14.4. The molecule has 5 nitrogen and oxygen atoms in total. The summed E-state index contributed by atoms with van der Waals surface area (Å²) in [7, 11) is 0. The van der Waals surface area contributed by atoms with Crippen LogP contribution in [-0.2, 0) is 6.54 Å². The van der Waals surface area contributed by atoms with Gasteiger partial charge >= 0.3 is 0 Å². The monoisotopic (exact) mass is 433 g/mol. The van der Waals surface area contributed by atoms with Gasteiger partial charge < -0.3 is 9.64 Å². The molecule has 0 aliphatic carbocycles. The molecule has 1 fully saturated rings. The topological polar surface area (TPSA) is 47.4 Å². The van der Waals surface area contributed by atoms with Crippen LogP contribution in [0, 0.1) is 12.8 Å². The fourth-order valence-corrected chi connectivity index (χ4v) is 4.72. The molecule has 5 heteroatoms. The highest BCUT2D eigenvalue weighted by Gasteiger charge is 2.24. The van der Waals surface area contributed by atoms with Gasteiger partial charge in [0.25, 0.3) is 5.56 Å². The molecule has 1 atom stereocenters. The number of aryl methyl sites for hydroxylation is 1. The maximum Gasteiger partial charge on any atom is 0.261 e. The Bertz CT molecular complexity index is 1150. The lowest BCUT2D eigenvalue weighted by molar-refractivity contribution is 0.130. The second kappa shape index (κ2) is 9.45. The zero-order valence-electron chi connectivity index (χ0n) is 20.0. The summed E-state index contributed by atoms with van der Waals surface area (Å²) in [5.41, 5.74) is 2.88. The maximum absolute atomic E-state index is 13.8. The van der Waals surface area contributed by atoms with Crippen molar-refractivity contribution in [1.82, 2.24) is 14.5 Å². The molecule has 2 aromatic carbocycles. The van der Waals surface area contributed by atoms with Gasteiger partial charge in [0.05, 0.1) is 17.0 Å². The Morgan fingerprint density at radius 3 is 2.62 bits per heavy atom. The maximum atomic E-state index is 13.8. The van der Waals surface area contributed by atoms with Gasteiger partial charge in [-0.2, -0.15) is 0 Å². The van der Waals surface area contributed by atoms with Crippen LogP contribution < -0.4 is 10.3 Å². The summed E-state index contributed by atoms with van der Waals surface area (Å²) in [5, 5.41) is 0.622. The van der Waals surface area contributed by atoms with Crippen LogP contribution in [0.1, 0.15) is 46.1 Å². The number of aromatic nitrogens is 2. The Kier molecular flexibility index (Phi) is 6.66. The number of fused-ring (bicyclic) bond motifs is 1. The van der Waals surface area contributed by atoms with Crippen molar-refractivity contribution in [3.63, 3.8) is 0 Å². The van der Waals surface area contributed by atoms with E-state index in [-0.39, 0.29) is 11.7 Å². The average Bonchev–Trinajstić information content (AvgIpc) is 2.76. The Morgan fingerprint density at radius 2 is 1.91 bits per heavy atom. The van der Waals surface area contributed by atoms with Gasteiger partial charge in [-0.3, -0.25) is 9.36 Å². The van der Waals surface area contributed by atoms with E-state index in [2.05, 4.69) is 37.8 Å². The molecule has 3 aromatic rings. The van der Waals surface area contributed by atoms with Gasteiger partial charge in [0.2, 0.25) is 0 Å². The zero-order valence-corrected chi connectivity index (χ0v) is 20.0. The molecule has 170 valence electrons. The minimum Gasteiger partial charge on any atom is -0.491 e. The van der Waals surface area contributed by atoms with Gasteiger partial charge in [-0.25, -0.2) is 4.98 Å². The molecule has 1 aromatic heterocycles. The molecular formula is C27H35N3O2. The van der Waals surface area contributed by atoms with Crippen LogP contribution >= 0.6 is 0 Å². The number of hydrogen-bond acceptors (Lipinski definition) is 4. The Morgan fingerprint density at radius 1 is 1.12 bits per heavy atom. The highest BCUT2D eigenvalue weighted by Crippen LogP contribution is 2.27. The molecule has 1 aliphatic heterocycles. The molecule has 0 radical (unpaired) electrons. The molecule has 2 heterocycles. The number of benzene rings is 2. The van der Waals surface area contributed by atoms with E-state index in [1.54, 1.807) is 0 Å². The summed E-state index contributed by atoms with van der Waals surface area (Å²) in [6.45, 7) is 13.4. The van der Waals surface area contributed by atoms with Crippen LogP contribution in [0.25, 0.3) is 22.3 Å². The third-order valence-corrected chi connectivity index (χ3v) is 6.40. The molecule has 0 unspecified atom stereocenters. The van der Waals surface area contributed by atoms with Crippen LogP contribution in [0.15, 0.2) is 47.3 Å². The number of ether oxygens (including phenoxy) is 1. The average molecular weight is 434 g/mol. The van der Waals surface area contributed by atoms with E-state index in [1.165, 1.54) is 6.42 Å². The zero-order chi connectivity index (χ0) is 22.8. The van der Waals surface area contributed by atoms with E-state index >= 15 is 0 Å². The summed E-state index contributed by atoms with van der Waals surface area (Å²) in [6.07, 6.45) is 2.36. The SMILES string of the molecule is Cc1ccccc1-c1nc2ccc(OC(C)C)cc2c(=O)n1C[C@H]1CCCN(C(C)C)C1. The first-order chi connectivity index (χ1) is 15.3. The number of rotatable bonds is 6. The van der Waals surface area contributed by atoms with Crippen molar-refractivity contribution in [1.29, 1.82) is 0 Å². The highest BCUT2D eigenvalue weighted by molar-refractivity contribution is 5.81. The third-order valence-electron chi connectivity index (χ3n) is 6.40. The first-order valence-corrected chi connectivity index (χ1v) is 11.8. The van der Waals surface area contributed by atoms with Crippen LogP contribution in [0.3, 0.4) is 0 Å². The Balaban J connectivity index is 1.83. The second-order valence-electron chi connectivity index (χ2n) is 9.61. The van der Waals surface area contributed by atoms with E-state index in [0.29, 0.717) is 35.2 Å². The van der Waals surface area contributed by atoms with Crippen LogP contribution in [0.5, 0.6) is 5.75 Å². The molecular weight excluding hydrogens is 398 g/mol. The van der Waals surface area contributed by atoms with Crippen LogP contribution in [-0.4, -0.2) is 39.7 Å². The van der Waals surface area contributed by atoms with Crippen LogP contribution in [0.4, 0.5) is 0 Å². The fourth-order valence-electron chi connectivity index (χ4n) is 4.72. The van der Waals surface area contributed by atoms with E-state index in [9.17, 15) is 4.79 Å². The van der Waals surface area contributed by atoms with Crippen molar-refractivity contribution >= 4 is 10.9 Å². The van der Waals surface area contributed by atoms with Crippen molar-refractivity contribution in [3.05, 3.63) is 58.4 Å². The van der Waals surface area contributed by atoms with Crippen LogP contribution in [0.2, 0.25) is 0 Å². The molecule has 1 saturated heterocycles. The van der Waals surface area contributed by atoms with Crippen molar-refractivity contribution in [2.75, 3.05) is 13.1 Å².